The Bertz CT molecular complexity index is 1000. The Balaban J connectivity index is 1.43. The van der Waals surface area contributed by atoms with E-state index in [4.69, 9.17) is 4.98 Å². The summed E-state index contributed by atoms with van der Waals surface area (Å²) in [6.45, 7) is 8.06. The Hall–Kier alpha value is -2.10. The minimum absolute atomic E-state index is 0.549. The first-order valence-corrected chi connectivity index (χ1v) is 12.9. The molecule has 0 saturated carbocycles. The van der Waals surface area contributed by atoms with Gasteiger partial charge in [-0.3, -0.25) is 9.88 Å². The average Bonchev–Trinajstić information content (AvgIpc) is 3.21. The first-order valence-electron chi connectivity index (χ1n) is 12.9. The van der Waals surface area contributed by atoms with E-state index in [9.17, 15) is 5.26 Å². The van der Waals surface area contributed by atoms with E-state index in [2.05, 4.69) is 66.9 Å². The quantitative estimate of drug-likeness (QED) is 0.585. The molecule has 4 rings (SSSR count). The van der Waals surface area contributed by atoms with Gasteiger partial charge in [0.05, 0.1) is 11.1 Å². The second-order valence-corrected chi connectivity index (χ2v) is 10.6. The van der Waals surface area contributed by atoms with Crippen molar-refractivity contribution in [2.45, 2.75) is 70.5 Å². The molecular formula is C27H40BN5. The van der Waals surface area contributed by atoms with E-state index in [1.54, 1.807) is 0 Å². The molecule has 1 aromatic heterocycles. The summed E-state index contributed by atoms with van der Waals surface area (Å²) in [7, 11) is 6.46. The number of rotatable bonds is 8. The van der Waals surface area contributed by atoms with Crippen molar-refractivity contribution in [3.8, 4) is 6.07 Å². The second-order valence-electron chi connectivity index (χ2n) is 10.6. The Labute approximate surface area is 201 Å². The lowest BCUT2D eigenvalue weighted by molar-refractivity contribution is 0.163. The van der Waals surface area contributed by atoms with Crippen molar-refractivity contribution < 1.29 is 0 Å². The van der Waals surface area contributed by atoms with Crippen molar-refractivity contribution in [1.82, 2.24) is 14.8 Å². The summed E-state index contributed by atoms with van der Waals surface area (Å²) < 4.78 is 0. The number of piperazine rings is 1. The maximum Gasteiger partial charge on any atom is 0.163 e. The number of nitriles is 1. The Morgan fingerprint density at radius 2 is 2.00 bits per heavy atom. The third kappa shape index (κ3) is 5.20. The monoisotopic (exact) mass is 445 g/mol. The summed E-state index contributed by atoms with van der Waals surface area (Å²) in [5.74, 6) is 0.823. The molecule has 3 heterocycles. The summed E-state index contributed by atoms with van der Waals surface area (Å²) in [5, 5.41) is 10.7. The van der Waals surface area contributed by atoms with Gasteiger partial charge in [-0.2, -0.15) is 5.26 Å². The van der Waals surface area contributed by atoms with E-state index in [-0.39, 0.29) is 0 Å². The predicted octanol–water partition coefficient (Wildman–Crippen LogP) is 3.16. The van der Waals surface area contributed by atoms with Gasteiger partial charge in [0.2, 0.25) is 0 Å². The number of anilines is 1. The smallest absolute Gasteiger partial charge is 0.163 e. The zero-order chi connectivity index (χ0) is 23.5. The van der Waals surface area contributed by atoms with Gasteiger partial charge in [-0.15, -0.1) is 0 Å². The molecule has 4 unspecified atom stereocenters. The van der Waals surface area contributed by atoms with E-state index >= 15 is 0 Å². The van der Waals surface area contributed by atoms with E-state index in [0.717, 1.165) is 41.5 Å². The third-order valence-corrected chi connectivity index (χ3v) is 7.96. The molecule has 0 spiro atoms. The van der Waals surface area contributed by atoms with Crippen LogP contribution in [0.2, 0.25) is 0 Å². The number of hydrogen-bond donors (Lipinski definition) is 0. The van der Waals surface area contributed by atoms with Crippen LogP contribution in [0.25, 0.3) is 10.9 Å². The van der Waals surface area contributed by atoms with E-state index in [1.165, 1.54) is 50.8 Å². The fourth-order valence-corrected chi connectivity index (χ4v) is 6.22. The molecule has 2 aliphatic heterocycles. The molecule has 176 valence electrons. The van der Waals surface area contributed by atoms with Crippen LogP contribution in [0.4, 0.5) is 5.69 Å². The third-order valence-electron chi connectivity index (χ3n) is 7.96. The molecule has 2 fully saturated rings. The van der Waals surface area contributed by atoms with Gasteiger partial charge in [-0.25, -0.2) is 0 Å². The molecule has 2 saturated heterocycles. The van der Waals surface area contributed by atoms with Crippen LogP contribution in [0.3, 0.4) is 0 Å². The lowest BCUT2D eigenvalue weighted by Crippen LogP contribution is -2.55. The van der Waals surface area contributed by atoms with Crippen molar-refractivity contribution in [3.05, 3.63) is 29.8 Å². The molecule has 1 aromatic carbocycles. The van der Waals surface area contributed by atoms with E-state index < -0.39 is 0 Å². The van der Waals surface area contributed by atoms with Gasteiger partial charge in [0.15, 0.2) is 7.85 Å². The van der Waals surface area contributed by atoms with Crippen molar-refractivity contribution in [1.29, 1.82) is 5.26 Å². The first-order chi connectivity index (χ1) is 15.9. The molecule has 2 aliphatic rings. The lowest BCUT2D eigenvalue weighted by Gasteiger charge is -2.43. The van der Waals surface area contributed by atoms with Crippen molar-refractivity contribution in [2.75, 3.05) is 38.6 Å². The van der Waals surface area contributed by atoms with Gasteiger partial charge >= 0.3 is 0 Å². The standard InChI is InChI=1S/C27H40BN5/c1-5-7-22(31(3)4)9-6-8-20-14-23-18-32(16-19(2)33(23)17-20)25-12-10-21(15-29)27-24(25)11-13-26(28)30-27/h10-13,19-20,22-23H,5-9,14,16-18,28H2,1-4H3. The molecule has 0 radical (unpaired) electrons. The van der Waals surface area contributed by atoms with Crippen molar-refractivity contribution in [3.63, 3.8) is 0 Å². The molecule has 4 atom stereocenters. The summed E-state index contributed by atoms with van der Waals surface area (Å²) in [4.78, 5) is 12.4. The first kappa shape index (κ1) is 24.0. The zero-order valence-electron chi connectivity index (χ0n) is 21.2. The fraction of sp³-hybridized carbons (Fsp3) is 0.630. The summed E-state index contributed by atoms with van der Waals surface area (Å²) in [6.07, 6.45) is 7.92. The van der Waals surface area contributed by atoms with Crippen LogP contribution < -0.4 is 10.5 Å². The van der Waals surface area contributed by atoms with Crippen LogP contribution in [0.1, 0.15) is 57.9 Å². The van der Waals surface area contributed by atoms with Crippen LogP contribution >= 0.6 is 0 Å². The lowest BCUT2D eigenvalue weighted by atomic mass is 9.95. The number of aromatic nitrogens is 1. The number of benzene rings is 1. The summed E-state index contributed by atoms with van der Waals surface area (Å²) in [5.41, 5.74) is 3.71. The highest BCUT2D eigenvalue weighted by Gasteiger charge is 2.39. The van der Waals surface area contributed by atoms with Gasteiger partial charge < -0.3 is 9.80 Å². The molecule has 5 nitrogen and oxygen atoms in total. The van der Waals surface area contributed by atoms with Gasteiger partial charge in [0, 0.05) is 48.8 Å². The van der Waals surface area contributed by atoms with Gasteiger partial charge in [0.1, 0.15) is 6.07 Å². The molecular weight excluding hydrogens is 405 g/mol. The Morgan fingerprint density at radius 3 is 2.73 bits per heavy atom. The molecule has 33 heavy (non-hydrogen) atoms. The maximum atomic E-state index is 9.57. The molecule has 0 aliphatic carbocycles. The fourth-order valence-electron chi connectivity index (χ4n) is 6.22. The van der Waals surface area contributed by atoms with Gasteiger partial charge in [0.25, 0.3) is 0 Å². The van der Waals surface area contributed by atoms with E-state index in [0.29, 0.717) is 17.6 Å². The Morgan fingerprint density at radius 1 is 1.18 bits per heavy atom. The molecule has 2 aromatic rings. The second kappa shape index (κ2) is 10.4. The average molecular weight is 445 g/mol. The number of hydrogen-bond acceptors (Lipinski definition) is 5. The van der Waals surface area contributed by atoms with Crippen LogP contribution in [-0.4, -0.2) is 74.5 Å². The van der Waals surface area contributed by atoms with Crippen molar-refractivity contribution >= 4 is 30.0 Å². The highest BCUT2D eigenvalue weighted by molar-refractivity contribution is 6.31. The molecule has 6 heteroatoms. The predicted molar refractivity (Wildman–Crippen MR) is 141 cm³/mol. The summed E-state index contributed by atoms with van der Waals surface area (Å²) >= 11 is 0. The number of pyridine rings is 1. The SMILES string of the molecule is Bc1ccc2c(N3CC(C)N4CC(CCCC(CCC)N(C)C)CC4C3)ccc(C#N)c2n1. The number of nitrogens with zero attached hydrogens (tertiary/aromatic N) is 5. The van der Waals surface area contributed by atoms with Crippen LogP contribution in [0.5, 0.6) is 0 Å². The molecule has 0 bridgehead atoms. The number of fused-ring (bicyclic) bond motifs is 2. The largest absolute Gasteiger partial charge is 0.368 e. The minimum atomic E-state index is 0.549. The van der Waals surface area contributed by atoms with Crippen LogP contribution in [0, 0.1) is 17.2 Å². The molecule has 0 N–H and O–H groups in total. The van der Waals surface area contributed by atoms with E-state index in [1.807, 2.05) is 13.9 Å². The van der Waals surface area contributed by atoms with Gasteiger partial charge in [-0.05, 0) is 76.4 Å². The highest BCUT2D eigenvalue weighted by Crippen LogP contribution is 2.36. The topological polar surface area (TPSA) is 46.4 Å². The molecule has 0 amide bonds. The summed E-state index contributed by atoms with van der Waals surface area (Å²) in [6, 6.07) is 12.6. The van der Waals surface area contributed by atoms with Crippen molar-refractivity contribution in [2.24, 2.45) is 5.92 Å². The Kier molecular flexibility index (Phi) is 7.61. The highest BCUT2D eigenvalue weighted by atomic mass is 15.3. The van der Waals surface area contributed by atoms with Gasteiger partial charge in [-0.1, -0.05) is 25.8 Å². The van der Waals surface area contributed by atoms with Crippen LogP contribution in [-0.2, 0) is 0 Å². The maximum absolute atomic E-state index is 9.57. The van der Waals surface area contributed by atoms with Crippen LogP contribution in [0.15, 0.2) is 24.3 Å². The minimum Gasteiger partial charge on any atom is -0.368 e. The zero-order valence-corrected chi connectivity index (χ0v) is 21.2. The normalized spacial score (nSPS) is 24.2.